The van der Waals surface area contributed by atoms with Crippen molar-refractivity contribution in [3.05, 3.63) is 71.8 Å². The van der Waals surface area contributed by atoms with Crippen LogP contribution in [-0.2, 0) is 11.3 Å². The maximum Gasteiger partial charge on any atom is 0.321 e. The lowest BCUT2D eigenvalue weighted by atomic mass is 10.0. The molecule has 1 aliphatic heterocycles. The summed E-state index contributed by atoms with van der Waals surface area (Å²) < 4.78 is 0. The van der Waals surface area contributed by atoms with Crippen LogP contribution in [0.2, 0.25) is 0 Å². The Balaban J connectivity index is 1.67. The molecule has 0 aliphatic carbocycles. The first kappa shape index (κ1) is 19.1. The molecule has 4 N–H and O–H groups in total. The Kier molecular flexibility index (Phi) is 6.57. The zero-order valence-electron chi connectivity index (χ0n) is 15.7. The largest absolute Gasteiger partial charge is 0.341 e. The summed E-state index contributed by atoms with van der Waals surface area (Å²) in [5.41, 5.74) is 2.29. The van der Waals surface area contributed by atoms with Gasteiger partial charge in [0.05, 0.1) is 0 Å². The Morgan fingerprint density at radius 1 is 0.926 bits per heavy atom. The summed E-state index contributed by atoms with van der Waals surface area (Å²) in [6, 6.07) is 19.4. The van der Waals surface area contributed by atoms with Crippen molar-refractivity contribution in [3.63, 3.8) is 0 Å². The molecule has 1 heterocycles. The number of benzene rings is 2. The molecule has 0 spiro atoms. The lowest BCUT2D eigenvalue weighted by molar-refractivity contribution is -1.03. The van der Waals surface area contributed by atoms with E-state index in [1.54, 1.807) is 0 Å². The molecule has 0 unspecified atom stereocenters. The van der Waals surface area contributed by atoms with Crippen LogP contribution in [0.15, 0.2) is 60.7 Å². The van der Waals surface area contributed by atoms with E-state index in [0.29, 0.717) is 0 Å². The molecule has 0 saturated carbocycles. The SMILES string of the molecule is CNC(=O)NC(=O)[C@H](c1ccccc1)[NH+]1CC[NH+](Cc2ccccc2)CC1. The summed E-state index contributed by atoms with van der Waals surface area (Å²) in [6.07, 6.45) is 0. The highest BCUT2D eigenvalue weighted by atomic mass is 16.2. The number of piperazine rings is 1. The first-order chi connectivity index (χ1) is 13.2. The monoisotopic (exact) mass is 368 g/mol. The normalized spacial score (nSPS) is 20.5. The van der Waals surface area contributed by atoms with Gasteiger partial charge in [-0.2, -0.15) is 0 Å². The molecule has 142 valence electrons. The zero-order chi connectivity index (χ0) is 19.1. The van der Waals surface area contributed by atoms with Crippen LogP contribution in [0.25, 0.3) is 0 Å². The number of carbonyl (C=O) groups is 2. The fraction of sp³-hybridized carbons (Fsp3) is 0.333. The van der Waals surface area contributed by atoms with E-state index in [9.17, 15) is 9.59 Å². The summed E-state index contributed by atoms with van der Waals surface area (Å²) >= 11 is 0. The number of hydrogen-bond donors (Lipinski definition) is 4. The molecule has 1 saturated heterocycles. The summed E-state index contributed by atoms with van der Waals surface area (Å²) in [5.74, 6) is -0.248. The summed E-state index contributed by atoms with van der Waals surface area (Å²) in [6.45, 7) is 4.79. The second kappa shape index (κ2) is 9.30. The summed E-state index contributed by atoms with van der Waals surface area (Å²) in [7, 11) is 1.51. The van der Waals surface area contributed by atoms with Crippen molar-refractivity contribution < 1.29 is 19.4 Å². The smallest absolute Gasteiger partial charge is 0.321 e. The van der Waals surface area contributed by atoms with Gasteiger partial charge in [0.1, 0.15) is 32.7 Å². The molecular formula is C21H28N4O2+2. The minimum Gasteiger partial charge on any atom is -0.341 e. The predicted molar refractivity (Wildman–Crippen MR) is 103 cm³/mol. The molecule has 0 aromatic heterocycles. The lowest BCUT2D eigenvalue weighted by Gasteiger charge is -2.34. The first-order valence-corrected chi connectivity index (χ1v) is 9.47. The second-order valence-corrected chi connectivity index (χ2v) is 6.98. The molecule has 6 nitrogen and oxygen atoms in total. The third-order valence-electron chi connectivity index (χ3n) is 5.16. The summed E-state index contributed by atoms with van der Waals surface area (Å²) in [4.78, 5) is 27.2. The van der Waals surface area contributed by atoms with E-state index in [-0.39, 0.29) is 11.9 Å². The number of nitrogens with one attached hydrogen (secondary N) is 4. The van der Waals surface area contributed by atoms with Crippen LogP contribution >= 0.6 is 0 Å². The third kappa shape index (κ3) is 5.15. The maximum atomic E-state index is 12.8. The fourth-order valence-corrected chi connectivity index (χ4v) is 3.74. The van der Waals surface area contributed by atoms with E-state index in [4.69, 9.17) is 0 Å². The van der Waals surface area contributed by atoms with Crippen molar-refractivity contribution >= 4 is 11.9 Å². The average molecular weight is 368 g/mol. The quantitative estimate of drug-likeness (QED) is 0.557. The fourth-order valence-electron chi connectivity index (χ4n) is 3.74. The standard InChI is InChI=1S/C21H26N4O2/c1-22-21(27)23-20(26)19(18-10-6-3-7-11-18)25-14-12-24(13-15-25)16-17-8-4-2-5-9-17/h2-11,19H,12-16H2,1H3,(H2,22,23,26,27)/p+2/t19-/m0/s1. The first-order valence-electron chi connectivity index (χ1n) is 9.47. The number of amides is 3. The zero-order valence-corrected chi connectivity index (χ0v) is 15.7. The number of carbonyl (C=O) groups excluding carboxylic acids is 2. The molecule has 1 aliphatic rings. The van der Waals surface area contributed by atoms with E-state index in [1.165, 1.54) is 22.4 Å². The van der Waals surface area contributed by atoms with Crippen LogP contribution in [0.3, 0.4) is 0 Å². The molecule has 0 bridgehead atoms. The minimum absolute atomic E-state index is 0.248. The Hall–Kier alpha value is -2.70. The molecule has 0 radical (unpaired) electrons. The highest BCUT2D eigenvalue weighted by molar-refractivity contribution is 5.96. The van der Waals surface area contributed by atoms with Crippen LogP contribution in [0.5, 0.6) is 0 Å². The number of rotatable bonds is 5. The molecule has 6 heteroatoms. The van der Waals surface area contributed by atoms with Gasteiger partial charge in [-0.25, -0.2) is 4.79 Å². The van der Waals surface area contributed by atoms with Crippen molar-refractivity contribution in [1.29, 1.82) is 0 Å². The molecule has 3 rings (SSSR count). The van der Waals surface area contributed by atoms with Gasteiger partial charge in [0, 0.05) is 18.2 Å². The van der Waals surface area contributed by atoms with Gasteiger partial charge in [0.2, 0.25) is 0 Å². The number of hydrogen-bond acceptors (Lipinski definition) is 2. The lowest BCUT2D eigenvalue weighted by Crippen LogP contribution is -3.28. The molecule has 1 atom stereocenters. The third-order valence-corrected chi connectivity index (χ3v) is 5.16. The number of quaternary nitrogens is 2. The van der Waals surface area contributed by atoms with Gasteiger partial charge < -0.3 is 15.1 Å². The molecule has 2 aromatic carbocycles. The van der Waals surface area contributed by atoms with Gasteiger partial charge in [0.25, 0.3) is 5.91 Å². The van der Waals surface area contributed by atoms with Crippen LogP contribution in [0.4, 0.5) is 4.79 Å². The molecular weight excluding hydrogens is 340 g/mol. The van der Waals surface area contributed by atoms with Crippen molar-refractivity contribution in [1.82, 2.24) is 10.6 Å². The molecule has 2 aromatic rings. The second-order valence-electron chi connectivity index (χ2n) is 6.98. The van der Waals surface area contributed by atoms with Crippen LogP contribution in [-0.4, -0.2) is 45.2 Å². The van der Waals surface area contributed by atoms with E-state index < -0.39 is 6.03 Å². The van der Waals surface area contributed by atoms with Crippen LogP contribution in [0.1, 0.15) is 17.2 Å². The Morgan fingerprint density at radius 2 is 1.52 bits per heavy atom. The van der Waals surface area contributed by atoms with Crippen molar-refractivity contribution in [2.24, 2.45) is 0 Å². The Labute approximate surface area is 160 Å². The van der Waals surface area contributed by atoms with Gasteiger partial charge >= 0.3 is 6.03 Å². The number of urea groups is 1. The Bertz CT molecular complexity index is 743. The van der Waals surface area contributed by atoms with Crippen molar-refractivity contribution in [2.45, 2.75) is 12.6 Å². The van der Waals surface area contributed by atoms with Crippen molar-refractivity contribution in [2.75, 3.05) is 33.2 Å². The number of imide groups is 1. The van der Waals surface area contributed by atoms with E-state index in [0.717, 1.165) is 38.3 Å². The molecule has 1 fully saturated rings. The van der Waals surface area contributed by atoms with Crippen LogP contribution in [0, 0.1) is 0 Å². The van der Waals surface area contributed by atoms with Gasteiger partial charge in [-0.15, -0.1) is 0 Å². The van der Waals surface area contributed by atoms with E-state index in [2.05, 4.69) is 34.9 Å². The molecule has 27 heavy (non-hydrogen) atoms. The van der Waals surface area contributed by atoms with Crippen LogP contribution < -0.4 is 20.4 Å². The topological polar surface area (TPSA) is 67.1 Å². The maximum absolute atomic E-state index is 12.8. The van der Waals surface area contributed by atoms with E-state index in [1.807, 2.05) is 36.4 Å². The average Bonchev–Trinajstić information content (AvgIpc) is 2.71. The highest BCUT2D eigenvalue weighted by Gasteiger charge is 2.36. The van der Waals surface area contributed by atoms with E-state index >= 15 is 0 Å². The Morgan fingerprint density at radius 3 is 2.11 bits per heavy atom. The predicted octanol–water partition coefficient (Wildman–Crippen LogP) is -0.833. The van der Waals surface area contributed by atoms with Crippen molar-refractivity contribution in [3.8, 4) is 0 Å². The molecule has 3 amide bonds. The summed E-state index contributed by atoms with van der Waals surface area (Å²) in [5, 5.41) is 4.92. The highest BCUT2D eigenvalue weighted by Crippen LogP contribution is 2.09. The minimum atomic E-state index is -0.464. The van der Waals surface area contributed by atoms with Gasteiger partial charge in [0.15, 0.2) is 6.04 Å². The van der Waals surface area contributed by atoms with Gasteiger partial charge in [-0.1, -0.05) is 60.7 Å². The van der Waals surface area contributed by atoms with Gasteiger partial charge in [-0.3, -0.25) is 10.1 Å². The van der Waals surface area contributed by atoms with Gasteiger partial charge in [-0.05, 0) is 0 Å².